The lowest BCUT2D eigenvalue weighted by molar-refractivity contribution is 0.141. The molecule has 3 heterocycles. The van der Waals surface area contributed by atoms with Gasteiger partial charge in [0.2, 0.25) is 5.95 Å². The predicted octanol–water partition coefficient (Wildman–Crippen LogP) is 5.80. The van der Waals surface area contributed by atoms with Crippen LogP contribution in [0.2, 0.25) is 0 Å². The first kappa shape index (κ1) is 23.7. The molecule has 5 nitrogen and oxygen atoms in total. The van der Waals surface area contributed by atoms with Crippen molar-refractivity contribution in [3.63, 3.8) is 0 Å². The molecule has 7 heteroatoms. The van der Waals surface area contributed by atoms with E-state index >= 15 is 0 Å². The lowest BCUT2D eigenvalue weighted by Crippen LogP contribution is -2.47. The number of rotatable bonds is 6. The zero-order chi connectivity index (χ0) is 24.2. The highest BCUT2D eigenvalue weighted by atomic mass is 19.1. The summed E-state index contributed by atoms with van der Waals surface area (Å²) < 4.78 is 28.5. The van der Waals surface area contributed by atoms with E-state index in [2.05, 4.69) is 15.1 Å². The van der Waals surface area contributed by atoms with Crippen LogP contribution in [0.15, 0.2) is 48.7 Å². The second kappa shape index (κ2) is 10.7. The molecule has 0 radical (unpaired) electrons. The summed E-state index contributed by atoms with van der Waals surface area (Å²) in [5.74, 6) is 0.112. The molecule has 0 atom stereocenters. The smallest absolute Gasteiger partial charge is 0.227 e. The maximum atomic E-state index is 14.3. The summed E-state index contributed by atoms with van der Waals surface area (Å²) in [5, 5.41) is 3.20. The zero-order valence-corrected chi connectivity index (χ0v) is 20.3. The minimum Gasteiger partial charge on any atom is -0.365 e. The maximum Gasteiger partial charge on any atom is 0.227 e. The Morgan fingerprint density at radius 1 is 0.914 bits per heavy atom. The second-order valence-electron chi connectivity index (χ2n) is 9.67. The molecule has 0 unspecified atom stereocenters. The van der Waals surface area contributed by atoms with E-state index in [0.29, 0.717) is 17.8 Å². The van der Waals surface area contributed by atoms with Crippen LogP contribution in [-0.2, 0) is 6.54 Å². The van der Waals surface area contributed by atoms with Gasteiger partial charge in [0, 0.05) is 43.0 Å². The van der Waals surface area contributed by atoms with E-state index in [1.807, 2.05) is 37.4 Å². The molecule has 35 heavy (non-hydrogen) atoms. The monoisotopic (exact) mass is 477 g/mol. The van der Waals surface area contributed by atoms with Gasteiger partial charge in [0.25, 0.3) is 0 Å². The number of likely N-dealkylation sites (tertiary alicyclic amines) is 1. The van der Waals surface area contributed by atoms with E-state index in [1.165, 1.54) is 50.6 Å². The number of benzene rings is 2. The van der Waals surface area contributed by atoms with Crippen molar-refractivity contribution >= 4 is 11.8 Å². The van der Waals surface area contributed by atoms with E-state index in [1.54, 1.807) is 0 Å². The topological polar surface area (TPSA) is 44.3 Å². The first-order chi connectivity index (χ1) is 17.1. The van der Waals surface area contributed by atoms with Crippen LogP contribution in [0.5, 0.6) is 0 Å². The number of piperidine rings is 2. The number of halogens is 2. The largest absolute Gasteiger partial charge is 0.365 e. The number of nitrogens with zero attached hydrogens (tertiary/aromatic N) is 4. The van der Waals surface area contributed by atoms with Crippen molar-refractivity contribution in [2.24, 2.45) is 0 Å². The number of anilines is 2. The van der Waals surface area contributed by atoms with Crippen LogP contribution in [0.25, 0.3) is 11.1 Å². The van der Waals surface area contributed by atoms with E-state index in [4.69, 9.17) is 9.97 Å². The molecule has 2 fully saturated rings. The quantitative estimate of drug-likeness (QED) is 0.486. The number of nitrogens with one attached hydrogen (secondary N) is 1. The van der Waals surface area contributed by atoms with Crippen molar-refractivity contribution in [3.05, 3.63) is 71.4 Å². The lowest BCUT2D eigenvalue weighted by atomic mass is 10.00. The predicted molar refractivity (Wildman–Crippen MR) is 137 cm³/mol. The number of hydrogen-bond acceptors (Lipinski definition) is 5. The molecule has 1 N–H and O–H groups in total. The van der Waals surface area contributed by atoms with Gasteiger partial charge >= 0.3 is 0 Å². The Bertz CT molecular complexity index is 1120. The fraction of sp³-hybridized carbons (Fsp3) is 0.429. The Morgan fingerprint density at radius 2 is 1.60 bits per heavy atom. The van der Waals surface area contributed by atoms with Crippen LogP contribution in [-0.4, -0.2) is 47.1 Å². The Morgan fingerprint density at radius 3 is 2.29 bits per heavy atom. The highest BCUT2D eigenvalue weighted by molar-refractivity contribution is 5.75. The normalized spacial score (nSPS) is 17.5. The molecular weight excluding hydrogens is 444 g/mol. The SMILES string of the molecule is Cc1ccc(-c2cnc(N3CCC(N4CCCCC4)CC3)nc2NCc2c(F)cccc2F)cc1. The Kier molecular flexibility index (Phi) is 7.23. The van der Waals surface area contributed by atoms with Crippen molar-refractivity contribution in [1.29, 1.82) is 0 Å². The standard InChI is InChI=1S/C28H33F2N5/c1-20-8-10-21(11-9-20)23-18-32-28(33-27(23)31-19-24-25(29)6-5-7-26(24)30)35-16-12-22(13-17-35)34-14-3-2-4-15-34/h5-11,18,22H,2-4,12-17,19H2,1H3,(H,31,32,33). The third kappa shape index (κ3) is 5.45. The third-order valence-electron chi connectivity index (χ3n) is 7.29. The summed E-state index contributed by atoms with van der Waals surface area (Å²) in [6.45, 7) is 6.29. The molecule has 2 aromatic carbocycles. The summed E-state index contributed by atoms with van der Waals surface area (Å²) in [5.41, 5.74) is 2.94. The van der Waals surface area contributed by atoms with Crippen molar-refractivity contribution in [2.75, 3.05) is 36.4 Å². The fourth-order valence-electron chi connectivity index (χ4n) is 5.19. The molecule has 1 aromatic heterocycles. The maximum absolute atomic E-state index is 14.3. The van der Waals surface area contributed by atoms with Crippen molar-refractivity contribution in [3.8, 4) is 11.1 Å². The van der Waals surface area contributed by atoms with Crippen LogP contribution in [0.3, 0.4) is 0 Å². The van der Waals surface area contributed by atoms with Crippen LogP contribution in [0.4, 0.5) is 20.5 Å². The van der Waals surface area contributed by atoms with E-state index in [-0.39, 0.29) is 12.1 Å². The molecule has 2 aliphatic heterocycles. The van der Waals surface area contributed by atoms with Crippen LogP contribution < -0.4 is 10.2 Å². The highest BCUT2D eigenvalue weighted by Gasteiger charge is 2.27. The van der Waals surface area contributed by atoms with E-state index < -0.39 is 11.6 Å². The van der Waals surface area contributed by atoms with Gasteiger partial charge in [-0.1, -0.05) is 42.3 Å². The summed E-state index contributed by atoms with van der Waals surface area (Å²) in [7, 11) is 0. The Hall–Kier alpha value is -3.06. The number of aryl methyl sites for hydroxylation is 1. The van der Waals surface area contributed by atoms with Gasteiger partial charge in [-0.25, -0.2) is 13.8 Å². The van der Waals surface area contributed by atoms with Gasteiger partial charge in [-0.15, -0.1) is 0 Å². The van der Waals surface area contributed by atoms with Gasteiger partial charge in [0.1, 0.15) is 17.5 Å². The Labute approximate surface area is 206 Å². The van der Waals surface area contributed by atoms with Gasteiger partial charge < -0.3 is 15.1 Å². The van der Waals surface area contributed by atoms with Gasteiger partial charge in [-0.3, -0.25) is 0 Å². The summed E-state index contributed by atoms with van der Waals surface area (Å²) >= 11 is 0. The highest BCUT2D eigenvalue weighted by Crippen LogP contribution is 2.30. The summed E-state index contributed by atoms with van der Waals surface area (Å²) in [6, 6.07) is 12.7. The van der Waals surface area contributed by atoms with Crippen molar-refractivity contribution in [2.45, 2.75) is 51.6 Å². The van der Waals surface area contributed by atoms with Crippen LogP contribution in [0, 0.1) is 18.6 Å². The van der Waals surface area contributed by atoms with Crippen LogP contribution >= 0.6 is 0 Å². The molecule has 3 aromatic rings. The zero-order valence-electron chi connectivity index (χ0n) is 20.3. The molecule has 184 valence electrons. The van der Waals surface area contributed by atoms with Gasteiger partial charge in [-0.05, 0) is 63.4 Å². The van der Waals surface area contributed by atoms with E-state index in [9.17, 15) is 8.78 Å². The van der Waals surface area contributed by atoms with Crippen molar-refractivity contribution in [1.82, 2.24) is 14.9 Å². The first-order valence-corrected chi connectivity index (χ1v) is 12.7. The average Bonchev–Trinajstić information content (AvgIpc) is 2.89. The molecule has 2 aliphatic rings. The number of aromatic nitrogens is 2. The minimum atomic E-state index is -0.566. The minimum absolute atomic E-state index is 0.00450. The molecule has 0 saturated carbocycles. The Balaban J connectivity index is 1.37. The average molecular weight is 478 g/mol. The number of hydrogen-bond donors (Lipinski definition) is 1. The molecule has 0 bridgehead atoms. The summed E-state index contributed by atoms with van der Waals surface area (Å²) in [6.07, 6.45) is 7.99. The molecule has 5 rings (SSSR count). The first-order valence-electron chi connectivity index (χ1n) is 12.7. The summed E-state index contributed by atoms with van der Waals surface area (Å²) in [4.78, 5) is 14.4. The third-order valence-corrected chi connectivity index (χ3v) is 7.29. The molecule has 0 amide bonds. The molecule has 0 aliphatic carbocycles. The fourth-order valence-corrected chi connectivity index (χ4v) is 5.19. The van der Waals surface area contributed by atoms with Crippen LogP contribution in [0.1, 0.15) is 43.2 Å². The van der Waals surface area contributed by atoms with E-state index in [0.717, 1.165) is 42.6 Å². The second-order valence-corrected chi connectivity index (χ2v) is 9.67. The van der Waals surface area contributed by atoms with Gasteiger partial charge in [0.05, 0.1) is 0 Å². The molecular formula is C28H33F2N5. The lowest BCUT2D eigenvalue weighted by Gasteiger charge is -2.40. The molecule has 2 saturated heterocycles. The van der Waals surface area contributed by atoms with Crippen molar-refractivity contribution < 1.29 is 8.78 Å². The van der Waals surface area contributed by atoms with Gasteiger partial charge in [-0.2, -0.15) is 4.98 Å². The molecule has 0 spiro atoms. The van der Waals surface area contributed by atoms with Gasteiger partial charge in [0.15, 0.2) is 0 Å².